The number of benzene rings is 1. The van der Waals surface area contributed by atoms with Gasteiger partial charge in [-0.25, -0.2) is 15.0 Å². The number of likely N-dealkylation sites (N-methyl/N-ethyl adjacent to an activating group) is 1. The van der Waals surface area contributed by atoms with Crippen molar-refractivity contribution in [1.82, 2.24) is 19.8 Å². The Morgan fingerprint density at radius 2 is 1.96 bits per heavy atom. The first-order valence-electron chi connectivity index (χ1n) is 9.43. The van der Waals surface area contributed by atoms with Gasteiger partial charge in [0.25, 0.3) is 0 Å². The van der Waals surface area contributed by atoms with Crippen LogP contribution >= 0.6 is 0 Å². The zero-order chi connectivity index (χ0) is 18.8. The monoisotopic (exact) mass is 359 g/mol. The van der Waals surface area contributed by atoms with Gasteiger partial charge in [0, 0.05) is 37.9 Å². The van der Waals surface area contributed by atoms with E-state index in [0.29, 0.717) is 5.92 Å². The third-order valence-corrected chi connectivity index (χ3v) is 5.35. The van der Waals surface area contributed by atoms with Crippen molar-refractivity contribution in [3.05, 3.63) is 78.0 Å². The maximum atomic E-state index is 4.93. The molecule has 0 aliphatic carbocycles. The molecule has 0 amide bonds. The van der Waals surface area contributed by atoms with Gasteiger partial charge in [-0.15, -0.1) is 0 Å². The van der Waals surface area contributed by atoms with Crippen molar-refractivity contribution in [2.75, 3.05) is 20.1 Å². The Morgan fingerprint density at radius 3 is 2.70 bits per heavy atom. The molecular weight excluding hydrogens is 334 g/mol. The lowest BCUT2D eigenvalue weighted by Crippen LogP contribution is -2.47. The van der Waals surface area contributed by atoms with Crippen LogP contribution in [-0.2, 0) is 0 Å². The highest BCUT2D eigenvalue weighted by Gasteiger charge is 2.28. The van der Waals surface area contributed by atoms with E-state index in [1.54, 1.807) is 12.5 Å². The van der Waals surface area contributed by atoms with Gasteiger partial charge in [0.05, 0.1) is 11.4 Å². The summed E-state index contributed by atoms with van der Waals surface area (Å²) in [6.45, 7) is 8.31. The van der Waals surface area contributed by atoms with Crippen LogP contribution in [0.4, 0.5) is 0 Å². The fraction of sp³-hybridized carbons (Fsp3) is 0.318. The van der Waals surface area contributed by atoms with Crippen LogP contribution < -0.4 is 0 Å². The zero-order valence-electron chi connectivity index (χ0n) is 16.0. The molecule has 2 aliphatic heterocycles. The smallest absolute Gasteiger partial charge is 0.206 e. The minimum absolute atomic E-state index is 0.525. The molecule has 1 aromatic carbocycles. The summed E-state index contributed by atoms with van der Waals surface area (Å²) in [5, 5.41) is 0. The topological polar surface area (TPSA) is 44.6 Å². The van der Waals surface area contributed by atoms with Gasteiger partial charge >= 0.3 is 0 Å². The molecular formula is C22H25N5. The van der Waals surface area contributed by atoms with Crippen molar-refractivity contribution < 1.29 is 0 Å². The number of hydrogen-bond acceptors (Lipinski definition) is 5. The number of aryl methyl sites for hydroxylation is 1. The summed E-state index contributed by atoms with van der Waals surface area (Å²) >= 11 is 0. The molecule has 0 saturated carbocycles. The van der Waals surface area contributed by atoms with Crippen LogP contribution in [0.15, 0.2) is 66.2 Å². The number of guanidine groups is 1. The van der Waals surface area contributed by atoms with Crippen LogP contribution in [0, 0.1) is 6.92 Å². The van der Waals surface area contributed by atoms with Crippen molar-refractivity contribution in [3.63, 3.8) is 0 Å². The molecule has 0 bridgehead atoms. The molecule has 27 heavy (non-hydrogen) atoms. The number of nitrogens with zero attached hydrogens (tertiary/aromatic N) is 5. The van der Waals surface area contributed by atoms with Crippen molar-refractivity contribution in [2.45, 2.75) is 25.7 Å². The van der Waals surface area contributed by atoms with Gasteiger partial charge in [0.1, 0.15) is 6.33 Å². The quantitative estimate of drug-likeness (QED) is 0.818. The van der Waals surface area contributed by atoms with E-state index in [2.05, 4.69) is 57.5 Å². The number of likely N-dealkylation sites (tertiary alicyclic amines) is 1. The second kappa shape index (κ2) is 7.35. The summed E-state index contributed by atoms with van der Waals surface area (Å²) < 4.78 is 0. The van der Waals surface area contributed by atoms with Crippen LogP contribution in [0.1, 0.15) is 35.6 Å². The van der Waals surface area contributed by atoms with Gasteiger partial charge in [-0.3, -0.25) is 0 Å². The molecule has 138 valence electrons. The Labute approximate surface area is 160 Å². The highest BCUT2D eigenvalue weighted by atomic mass is 15.4. The molecule has 1 saturated heterocycles. The van der Waals surface area contributed by atoms with Crippen LogP contribution in [-0.4, -0.2) is 45.9 Å². The van der Waals surface area contributed by atoms with Gasteiger partial charge in [0.15, 0.2) is 0 Å². The Balaban J connectivity index is 1.60. The fourth-order valence-electron chi connectivity index (χ4n) is 3.72. The Hall–Kier alpha value is -2.95. The SMILES string of the molecule is C=C1C=C(c2ccncn2)N=C(N2CCCC(c3ccc(C)cc3)C2)N1C. The van der Waals surface area contributed by atoms with Gasteiger partial charge in [0.2, 0.25) is 5.96 Å². The molecule has 5 nitrogen and oxygen atoms in total. The lowest BCUT2D eigenvalue weighted by atomic mass is 9.90. The molecule has 0 spiro atoms. The van der Waals surface area contributed by atoms with E-state index in [1.807, 2.05) is 19.2 Å². The van der Waals surface area contributed by atoms with Crippen molar-refractivity contribution in [3.8, 4) is 0 Å². The summed E-state index contributed by atoms with van der Waals surface area (Å²) in [4.78, 5) is 17.7. The van der Waals surface area contributed by atoms with Gasteiger partial charge < -0.3 is 9.80 Å². The second-order valence-electron chi connectivity index (χ2n) is 7.28. The van der Waals surface area contributed by atoms with E-state index in [9.17, 15) is 0 Å². The lowest BCUT2D eigenvalue weighted by molar-refractivity contribution is 0.284. The molecule has 2 aromatic rings. The molecule has 1 aromatic heterocycles. The Bertz CT molecular complexity index is 883. The normalized spacial score (nSPS) is 20.4. The first-order chi connectivity index (χ1) is 13.1. The molecule has 2 aliphatic rings. The molecule has 1 atom stereocenters. The summed E-state index contributed by atoms with van der Waals surface area (Å²) in [7, 11) is 2.03. The van der Waals surface area contributed by atoms with E-state index in [1.165, 1.54) is 17.5 Å². The van der Waals surface area contributed by atoms with Gasteiger partial charge in [-0.05, 0) is 37.5 Å². The zero-order valence-corrected chi connectivity index (χ0v) is 16.0. The van der Waals surface area contributed by atoms with E-state index in [4.69, 9.17) is 4.99 Å². The number of allylic oxidation sites excluding steroid dienone is 1. The minimum atomic E-state index is 0.525. The third kappa shape index (κ3) is 3.63. The van der Waals surface area contributed by atoms with E-state index < -0.39 is 0 Å². The molecule has 3 heterocycles. The summed E-state index contributed by atoms with van der Waals surface area (Å²) in [5.41, 5.74) is 5.30. The standard InChI is InChI=1S/C22H25N5/c1-16-6-8-18(9-7-16)19-5-4-12-27(14-19)22-25-21(13-17(2)26(22)3)20-10-11-23-15-24-20/h6-11,13,15,19H,2,4-5,12,14H2,1,3H3. The molecule has 0 radical (unpaired) electrons. The predicted octanol–water partition coefficient (Wildman–Crippen LogP) is 3.82. The fourth-order valence-corrected chi connectivity index (χ4v) is 3.72. The number of rotatable bonds is 2. The van der Waals surface area contributed by atoms with Crippen molar-refractivity contribution in [2.24, 2.45) is 4.99 Å². The number of aromatic nitrogens is 2. The van der Waals surface area contributed by atoms with Crippen LogP contribution in [0.2, 0.25) is 0 Å². The minimum Gasteiger partial charge on any atom is -0.342 e. The van der Waals surface area contributed by atoms with Gasteiger partial charge in [-0.1, -0.05) is 36.4 Å². The summed E-state index contributed by atoms with van der Waals surface area (Å²) in [6.07, 6.45) is 7.65. The number of aliphatic imine (C=N–C) groups is 1. The van der Waals surface area contributed by atoms with E-state index in [0.717, 1.165) is 42.6 Å². The molecule has 4 rings (SSSR count). The highest BCUT2D eigenvalue weighted by molar-refractivity contribution is 5.90. The van der Waals surface area contributed by atoms with Crippen molar-refractivity contribution in [1.29, 1.82) is 0 Å². The van der Waals surface area contributed by atoms with E-state index >= 15 is 0 Å². The van der Waals surface area contributed by atoms with Gasteiger partial charge in [-0.2, -0.15) is 0 Å². The van der Waals surface area contributed by atoms with Crippen LogP contribution in [0.3, 0.4) is 0 Å². The largest absolute Gasteiger partial charge is 0.342 e. The highest BCUT2D eigenvalue weighted by Crippen LogP contribution is 2.30. The second-order valence-corrected chi connectivity index (χ2v) is 7.28. The maximum Gasteiger partial charge on any atom is 0.206 e. The van der Waals surface area contributed by atoms with Crippen molar-refractivity contribution >= 4 is 11.7 Å². The molecule has 1 fully saturated rings. The lowest BCUT2D eigenvalue weighted by Gasteiger charge is -2.39. The average molecular weight is 359 g/mol. The number of piperidine rings is 1. The first-order valence-corrected chi connectivity index (χ1v) is 9.43. The number of hydrogen-bond donors (Lipinski definition) is 0. The first kappa shape index (κ1) is 17.5. The van der Waals surface area contributed by atoms with Crippen LogP contribution in [0.25, 0.3) is 5.70 Å². The Morgan fingerprint density at radius 1 is 1.15 bits per heavy atom. The van der Waals surface area contributed by atoms with Crippen LogP contribution in [0.5, 0.6) is 0 Å². The molecule has 1 unspecified atom stereocenters. The maximum absolute atomic E-state index is 4.93. The summed E-state index contributed by atoms with van der Waals surface area (Å²) in [5.74, 6) is 1.48. The van der Waals surface area contributed by atoms with E-state index in [-0.39, 0.29) is 0 Å². The average Bonchev–Trinajstić information content (AvgIpc) is 2.71. The third-order valence-electron chi connectivity index (χ3n) is 5.35. The summed E-state index contributed by atoms with van der Waals surface area (Å²) in [6, 6.07) is 10.8. The Kier molecular flexibility index (Phi) is 4.75. The predicted molar refractivity (Wildman–Crippen MR) is 109 cm³/mol. The molecule has 5 heteroatoms. The molecule has 0 N–H and O–H groups in total.